The van der Waals surface area contributed by atoms with Crippen LogP contribution in [0.2, 0.25) is 0 Å². The number of aromatic nitrogens is 2. The summed E-state index contributed by atoms with van der Waals surface area (Å²) in [5.41, 5.74) is 2.80. The van der Waals surface area contributed by atoms with Crippen LogP contribution >= 0.6 is 12.4 Å². The van der Waals surface area contributed by atoms with Gasteiger partial charge < -0.3 is 10.6 Å². The molecule has 0 radical (unpaired) electrons. The first kappa shape index (κ1) is 16.9. The Morgan fingerprint density at radius 1 is 1.33 bits per heavy atom. The Morgan fingerprint density at radius 2 is 2.12 bits per heavy atom. The minimum absolute atomic E-state index is 0. The molecule has 5 nitrogen and oxygen atoms in total. The molecule has 1 aromatic heterocycles. The van der Waals surface area contributed by atoms with Gasteiger partial charge in [0.05, 0.1) is 0 Å². The normalized spacial score (nSPS) is 16.2. The third-order valence-corrected chi connectivity index (χ3v) is 4.64. The first-order valence-corrected chi connectivity index (χ1v) is 8.08. The minimum atomic E-state index is -0.322. The fraction of sp³-hybridized carbons (Fsp3) is 0.412. The fourth-order valence-electron chi connectivity index (χ4n) is 3.26. The van der Waals surface area contributed by atoms with Crippen LogP contribution in [0.15, 0.2) is 24.3 Å². The monoisotopic (exact) mass is 350 g/mol. The maximum Gasteiger partial charge on any atom is 0.272 e. The molecule has 1 aliphatic heterocycles. The lowest BCUT2D eigenvalue weighted by molar-refractivity contribution is 0.0936. The molecule has 128 valence electrons. The van der Waals surface area contributed by atoms with E-state index in [9.17, 15) is 9.18 Å². The van der Waals surface area contributed by atoms with Crippen molar-refractivity contribution in [1.29, 1.82) is 0 Å². The second-order valence-electron chi connectivity index (χ2n) is 6.22. The highest BCUT2D eigenvalue weighted by molar-refractivity contribution is 5.94. The Bertz CT molecular complexity index is 757. The maximum absolute atomic E-state index is 14.1. The number of benzene rings is 1. The first-order chi connectivity index (χ1) is 11.2. The number of amides is 1. The maximum atomic E-state index is 14.1. The number of nitrogens with zero attached hydrogens (tertiary/aromatic N) is 2. The van der Waals surface area contributed by atoms with Gasteiger partial charge in [0.25, 0.3) is 5.91 Å². The molecule has 2 aromatic rings. The summed E-state index contributed by atoms with van der Waals surface area (Å²) >= 11 is 0. The summed E-state index contributed by atoms with van der Waals surface area (Å²) in [6.45, 7) is 2.55. The Balaban J connectivity index is 0.00000169. The number of carbonyl (C=O) groups excluding carboxylic acids is 1. The summed E-state index contributed by atoms with van der Waals surface area (Å²) in [4.78, 5) is 12.5. The molecule has 1 aromatic carbocycles. The second-order valence-corrected chi connectivity index (χ2v) is 6.22. The zero-order valence-corrected chi connectivity index (χ0v) is 14.0. The molecule has 0 spiro atoms. The largest absolute Gasteiger partial charge is 0.350 e. The molecule has 7 heteroatoms. The van der Waals surface area contributed by atoms with E-state index in [0.717, 1.165) is 43.6 Å². The van der Waals surface area contributed by atoms with Crippen LogP contribution in [0.3, 0.4) is 0 Å². The number of hydrogen-bond acceptors (Lipinski definition) is 3. The van der Waals surface area contributed by atoms with Crippen LogP contribution in [0, 0.1) is 11.7 Å². The van der Waals surface area contributed by atoms with Crippen molar-refractivity contribution in [1.82, 2.24) is 20.4 Å². The van der Waals surface area contributed by atoms with Gasteiger partial charge in [0, 0.05) is 36.8 Å². The predicted octanol–water partition coefficient (Wildman–Crippen LogP) is 1.87. The molecule has 0 unspecified atom stereocenters. The van der Waals surface area contributed by atoms with Crippen LogP contribution < -0.4 is 10.6 Å². The molecular formula is C17H20ClFN4O. The first-order valence-electron chi connectivity index (χ1n) is 8.08. The lowest BCUT2D eigenvalue weighted by Crippen LogP contribution is -2.48. The quantitative estimate of drug-likeness (QED) is 0.885. The molecule has 1 aliphatic carbocycles. The van der Waals surface area contributed by atoms with Crippen LogP contribution in [0.4, 0.5) is 4.39 Å². The zero-order chi connectivity index (χ0) is 15.8. The number of hydrogen-bond donors (Lipinski definition) is 2. The van der Waals surface area contributed by atoms with Crippen molar-refractivity contribution in [3.05, 3.63) is 47.0 Å². The number of nitrogens with one attached hydrogen (secondary N) is 2. The molecule has 1 fully saturated rings. The van der Waals surface area contributed by atoms with E-state index in [1.54, 1.807) is 22.9 Å². The Kier molecular flexibility index (Phi) is 4.87. The SMILES string of the molecule is Cl.O=C(NCC1CNC1)c1nn(-c2ccccc2F)c2c1CCC2. The fourth-order valence-corrected chi connectivity index (χ4v) is 3.26. The van der Waals surface area contributed by atoms with Gasteiger partial charge in [-0.15, -0.1) is 12.4 Å². The smallest absolute Gasteiger partial charge is 0.272 e. The van der Waals surface area contributed by atoms with Gasteiger partial charge in [-0.2, -0.15) is 5.10 Å². The molecule has 2 heterocycles. The predicted molar refractivity (Wildman–Crippen MR) is 91.5 cm³/mol. The van der Waals surface area contributed by atoms with E-state index in [1.807, 2.05) is 0 Å². The van der Waals surface area contributed by atoms with Crippen molar-refractivity contribution in [2.24, 2.45) is 5.92 Å². The van der Waals surface area contributed by atoms with Crippen molar-refractivity contribution in [3.63, 3.8) is 0 Å². The van der Waals surface area contributed by atoms with Gasteiger partial charge in [0.1, 0.15) is 11.5 Å². The molecule has 0 saturated carbocycles. The van der Waals surface area contributed by atoms with Gasteiger partial charge in [-0.1, -0.05) is 12.1 Å². The highest BCUT2D eigenvalue weighted by atomic mass is 35.5. The second kappa shape index (κ2) is 6.91. The zero-order valence-electron chi connectivity index (χ0n) is 13.2. The average Bonchev–Trinajstić information content (AvgIpc) is 3.08. The van der Waals surface area contributed by atoms with E-state index >= 15 is 0 Å². The molecule has 24 heavy (non-hydrogen) atoms. The number of fused-ring (bicyclic) bond motifs is 1. The van der Waals surface area contributed by atoms with Crippen molar-refractivity contribution in [2.45, 2.75) is 19.3 Å². The van der Waals surface area contributed by atoms with Gasteiger partial charge in [-0.25, -0.2) is 9.07 Å². The van der Waals surface area contributed by atoms with E-state index in [4.69, 9.17) is 0 Å². The summed E-state index contributed by atoms with van der Waals surface area (Å²) in [5.74, 6) is 0.0305. The number of rotatable bonds is 4. The molecule has 2 N–H and O–H groups in total. The number of halogens is 2. The molecule has 4 rings (SSSR count). The molecule has 0 atom stereocenters. The summed E-state index contributed by atoms with van der Waals surface area (Å²) < 4.78 is 15.7. The van der Waals surface area contributed by atoms with Crippen LogP contribution in [0.1, 0.15) is 28.2 Å². The highest BCUT2D eigenvalue weighted by Gasteiger charge is 2.28. The number of para-hydroxylation sites is 1. The lowest BCUT2D eigenvalue weighted by atomic mass is 10.0. The summed E-state index contributed by atoms with van der Waals surface area (Å²) in [6, 6.07) is 6.55. The Hall–Kier alpha value is -1.92. The molecule has 2 aliphatic rings. The van der Waals surface area contributed by atoms with Crippen molar-refractivity contribution < 1.29 is 9.18 Å². The van der Waals surface area contributed by atoms with Gasteiger partial charge in [-0.3, -0.25) is 4.79 Å². The van der Waals surface area contributed by atoms with Gasteiger partial charge in [0.15, 0.2) is 5.69 Å². The minimum Gasteiger partial charge on any atom is -0.350 e. The molecule has 1 amide bonds. The Morgan fingerprint density at radius 3 is 2.83 bits per heavy atom. The van der Waals surface area contributed by atoms with Crippen LogP contribution in [0.25, 0.3) is 5.69 Å². The molecular weight excluding hydrogens is 331 g/mol. The lowest BCUT2D eigenvalue weighted by Gasteiger charge is -2.26. The van der Waals surface area contributed by atoms with E-state index in [2.05, 4.69) is 15.7 Å². The van der Waals surface area contributed by atoms with E-state index in [1.165, 1.54) is 6.07 Å². The van der Waals surface area contributed by atoms with Crippen molar-refractivity contribution >= 4 is 18.3 Å². The van der Waals surface area contributed by atoms with Gasteiger partial charge >= 0.3 is 0 Å². The Labute approximate surface area is 146 Å². The highest BCUT2D eigenvalue weighted by Crippen LogP contribution is 2.28. The molecule has 0 bridgehead atoms. The van der Waals surface area contributed by atoms with Crippen LogP contribution in [-0.2, 0) is 12.8 Å². The topological polar surface area (TPSA) is 59.0 Å². The average molecular weight is 351 g/mol. The van der Waals surface area contributed by atoms with Gasteiger partial charge in [-0.05, 0) is 31.4 Å². The van der Waals surface area contributed by atoms with E-state index in [0.29, 0.717) is 23.8 Å². The van der Waals surface area contributed by atoms with Crippen molar-refractivity contribution in [2.75, 3.05) is 19.6 Å². The molecule has 1 saturated heterocycles. The summed E-state index contributed by atoms with van der Waals surface area (Å²) in [5, 5.41) is 10.6. The summed E-state index contributed by atoms with van der Waals surface area (Å²) in [7, 11) is 0. The number of carbonyl (C=O) groups is 1. The van der Waals surface area contributed by atoms with Gasteiger partial charge in [0.2, 0.25) is 0 Å². The van der Waals surface area contributed by atoms with Crippen LogP contribution in [0.5, 0.6) is 0 Å². The third kappa shape index (κ3) is 2.91. The van der Waals surface area contributed by atoms with E-state index < -0.39 is 0 Å². The third-order valence-electron chi connectivity index (χ3n) is 4.64. The standard InChI is InChI=1S/C17H19FN4O.ClH/c18-13-5-1-2-6-15(13)22-14-7-3-4-12(14)16(21-22)17(23)20-10-11-8-19-9-11;/h1-2,5-6,11,19H,3-4,7-10H2,(H,20,23);1H. The summed E-state index contributed by atoms with van der Waals surface area (Å²) in [6.07, 6.45) is 2.64. The van der Waals surface area contributed by atoms with Crippen molar-refractivity contribution in [3.8, 4) is 5.69 Å². The van der Waals surface area contributed by atoms with Crippen LogP contribution in [-0.4, -0.2) is 35.3 Å². The van der Waals surface area contributed by atoms with E-state index in [-0.39, 0.29) is 24.1 Å².